The first-order valence-electron chi connectivity index (χ1n) is 20.1. The minimum atomic E-state index is -0.833. The fourth-order valence-corrected chi connectivity index (χ4v) is 5.64. The van der Waals surface area contributed by atoms with Gasteiger partial charge in [-0.05, 0) is 72.9 Å². The van der Waals surface area contributed by atoms with Crippen molar-refractivity contribution in [3.63, 3.8) is 0 Å². The maximum atomic E-state index is 9.00. The summed E-state index contributed by atoms with van der Waals surface area (Å²) >= 11 is 0. The van der Waals surface area contributed by atoms with Gasteiger partial charge in [0.1, 0.15) is 0 Å². The van der Waals surface area contributed by atoms with Crippen LogP contribution in [-0.4, -0.2) is 59.1 Å². The Morgan fingerprint density at radius 3 is 1.18 bits per heavy atom. The molecular weight excluding hydrogens is 709 g/mol. The van der Waals surface area contributed by atoms with E-state index in [4.69, 9.17) is 42.7 Å². The van der Waals surface area contributed by atoms with Gasteiger partial charge in [-0.25, -0.2) is 0 Å². The van der Waals surface area contributed by atoms with Gasteiger partial charge in [0, 0.05) is 38.3 Å². The molecule has 2 unspecified atom stereocenters. The molecule has 0 aliphatic heterocycles. The molecule has 0 amide bonds. The van der Waals surface area contributed by atoms with Crippen LogP contribution in [0.25, 0.3) is 0 Å². The molecule has 0 bridgehead atoms. The highest BCUT2D eigenvalue weighted by Gasteiger charge is 2.09. The highest BCUT2D eigenvalue weighted by atomic mass is 16.4. The summed E-state index contributed by atoms with van der Waals surface area (Å²) in [7, 11) is 0. The monoisotopic (exact) mass is 781 g/mol. The van der Waals surface area contributed by atoms with Gasteiger partial charge in [-0.15, -0.1) is 0 Å². The zero-order chi connectivity index (χ0) is 42.1. The van der Waals surface area contributed by atoms with Crippen LogP contribution in [0.15, 0.2) is 68.5 Å². The summed E-state index contributed by atoms with van der Waals surface area (Å²) in [4.78, 5) is 35.0. The number of nitrogens with two attached hydrogens (primary N) is 4. The lowest BCUT2D eigenvalue weighted by Crippen LogP contribution is -2.26. The minimum Gasteiger partial charge on any atom is -0.481 e. The van der Waals surface area contributed by atoms with Crippen molar-refractivity contribution in [2.75, 3.05) is 23.7 Å². The van der Waals surface area contributed by atoms with E-state index in [-0.39, 0.29) is 23.8 Å². The summed E-state index contributed by atoms with van der Waals surface area (Å²) < 4.78 is 0. The fraction of sp³-hybridized carbons (Fsp3) is 0.571. The molecule has 2 atom stereocenters. The predicted octanol–water partition coefficient (Wildman–Crippen LogP) is 7.73. The molecule has 2 aromatic carbocycles. The molecule has 0 aliphatic rings. The molecule has 0 saturated carbocycles. The van der Waals surface area contributed by atoms with Crippen molar-refractivity contribution in [1.29, 1.82) is 0 Å². The van der Waals surface area contributed by atoms with Crippen LogP contribution >= 0.6 is 0 Å². The van der Waals surface area contributed by atoms with Crippen molar-refractivity contribution >= 4 is 47.2 Å². The smallest absolute Gasteiger partial charge is 0.300 e. The molecule has 314 valence electrons. The highest BCUT2D eigenvalue weighted by Crippen LogP contribution is 2.21. The van der Waals surface area contributed by atoms with Crippen molar-refractivity contribution in [3.05, 3.63) is 59.7 Å². The van der Waals surface area contributed by atoms with Gasteiger partial charge >= 0.3 is 0 Å². The van der Waals surface area contributed by atoms with E-state index in [1.54, 1.807) is 0 Å². The summed E-state index contributed by atoms with van der Waals surface area (Å²) in [5, 5.41) is 21.0. The topological polar surface area (TPSA) is 252 Å². The molecule has 12 N–H and O–H groups in total. The molecule has 0 saturated heterocycles. The predicted molar refractivity (Wildman–Crippen MR) is 235 cm³/mol. The van der Waals surface area contributed by atoms with Crippen LogP contribution in [-0.2, 0) is 22.4 Å². The second kappa shape index (κ2) is 32.1. The third-order valence-corrected chi connectivity index (χ3v) is 8.67. The van der Waals surface area contributed by atoms with Gasteiger partial charge in [-0.1, -0.05) is 116 Å². The van der Waals surface area contributed by atoms with E-state index in [9.17, 15) is 0 Å². The van der Waals surface area contributed by atoms with Crippen LogP contribution in [0.1, 0.15) is 130 Å². The Kier molecular flexibility index (Phi) is 29.2. The van der Waals surface area contributed by atoms with E-state index in [1.165, 1.54) is 62.5 Å². The van der Waals surface area contributed by atoms with Gasteiger partial charge in [-0.3, -0.25) is 19.6 Å². The first-order valence-corrected chi connectivity index (χ1v) is 20.1. The quantitative estimate of drug-likeness (QED) is 0.0347. The highest BCUT2D eigenvalue weighted by molar-refractivity contribution is 6.01. The number of nitrogens with zero attached hydrogens (tertiary/aromatic N) is 4. The van der Waals surface area contributed by atoms with Gasteiger partial charge in [-0.2, -0.15) is 9.98 Å². The van der Waals surface area contributed by atoms with Crippen LogP contribution in [0.5, 0.6) is 0 Å². The number of benzene rings is 2. The molecule has 0 aliphatic carbocycles. The third kappa shape index (κ3) is 29.2. The van der Waals surface area contributed by atoms with Crippen LogP contribution in [0.3, 0.4) is 0 Å². The average Bonchev–Trinajstić information content (AvgIpc) is 3.13. The van der Waals surface area contributed by atoms with E-state index in [1.807, 2.05) is 24.3 Å². The molecular formula is C42H72N10O4. The van der Waals surface area contributed by atoms with Crippen LogP contribution < -0.4 is 33.6 Å². The molecule has 0 fully saturated rings. The summed E-state index contributed by atoms with van der Waals surface area (Å²) in [5.41, 5.74) is 28.5. The van der Waals surface area contributed by atoms with Crippen molar-refractivity contribution in [2.45, 2.75) is 131 Å². The fourth-order valence-electron chi connectivity index (χ4n) is 5.64. The van der Waals surface area contributed by atoms with E-state index >= 15 is 0 Å². The number of carbonyl (C=O) groups is 2. The average molecular weight is 781 g/mol. The molecule has 2 aromatic rings. The maximum absolute atomic E-state index is 9.00. The van der Waals surface area contributed by atoms with Gasteiger partial charge in [0.2, 0.25) is 23.8 Å². The Bertz CT molecular complexity index is 1360. The van der Waals surface area contributed by atoms with E-state index in [2.05, 4.69) is 82.6 Å². The van der Waals surface area contributed by atoms with Crippen molar-refractivity contribution in [2.24, 2.45) is 54.7 Å². The third-order valence-electron chi connectivity index (χ3n) is 8.67. The number of aliphatic carboxylic acids is 2. The Balaban J connectivity index is 0.00000343. The number of nitrogens with one attached hydrogen (secondary N) is 2. The van der Waals surface area contributed by atoms with E-state index in [0.717, 1.165) is 75.6 Å². The maximum Gasteiger partial charge on any atom is 0.300 e. The molecule has 2 rings (SSSR count). The second-order valence-corrected chi connectivity index (χ2v) is 13.8. The lowest BCUT2D eigenvalue weighted by molar-refractivity contribution is -0.135. The lowest BCUT2D eigenvalue weighted by Gasteiger charge is -2.14. The zero-order valence-corrected chi connectivity index (χ0v) is 34.9. The summed E-state index contributed by atoms with van der Waals surface area (Å²) in [6.45, 7) is 12.4. The number of aliphatic imine (C=N–C) groups is 4. The Morgan fingerprint density at radius 1 is 0.571 bits per heavy atom. The van der Waals surface area contributed by atoms with Crippen LogP contribution in [0.4, 0.5) is 11.4 Å². The second-order valence-electron chi connectivity index (χ2n) is 13.8. The number of guanidine groups is 4. The Labute approximate surface area is 335 Å². The van der Waals surface area contributed by atoms with Crippen molar-refractivity contribution < 1.29 is 19.8 Å². The van der Waals surface area contributed by atoms with Gasteiger partial charge in [0.25, 0.3) is 11.9 Å². The molecule has 56 heavy (non-hydrogen) atoms. The molecule has 14 heteroatoms. The SMILES string of the molecule is CC(=O)O.CC(=O)O.CCCCC(CC)Cc1ccc(NC(N)=NC(N)=NCCCCCCN=C(N)N=C(N)Nc2ccc(CC(CC)CCCC)cc2)cc1. The minimum absolute atomic E-state index is 0.170. The normalized spacial score (nSPS) is 13.0. The number of carboxylic acid groups (broad SMARTS) is 2. The first-order chi connectivity index (χ1) is 26.7. The molecule has 0 radical (unpaired) electrons. The van der Waals surface area contributed by atoms with Crippen molar-refractivity contribution in [1.82, 2.24) is 0 Å². The first kappa shape index (κ1) is 50.9. The van der Waals surface area contributed by atoms with E-state index < -0.39 is 11.9 Å². The van der Waals surface area contributed by atoms with Crippen LogP contribution in [0, 0.1) is 11.8 Å². The summed E-state index contributed by atoms with van der Waals surface area (Å²) in [6.07, 6.45) is 16.1. The molecule has 0 heterocycles. The number of unbranched alkanes of at least 4 members (excludes halogenated alkanes) is 5. The Morgan fingerprint density at radius 2 is 0.893 bits per heavy atom. The standard InChI is InChI=1S/C38H64N10.2C2H4O2/c1-5-9-15-29(7-3)27-31-17-21-33(22-18-31)45-37(41)47-35(39)43-25-13-11-12-14-26-44-36(40)48-38(42)46-34-23-19-32(20-24-34)28-30(8-4)16-10-6-2;2*1-2(3)4/h17-24,29-30H,5-16,25-28H2,1-4H3,(H5,39,41,43,45,47)(H5,40,42,44,46,48);2*1H3,(H,3,4). The largest absolute Gasteiger partial charge is 0.481 e. The molecule has 0 aromatic heterocycles. The number of hydrogen-bond donors (Lipinski definition) is 8. The molecule has 0 spiro atoms. The zero-order valence-electron chi connectivity index (χ0n) is 34.9. The Hall–Kier alpha value is -5.14. The summed E-state index contributed by atoms with van der Waals surface area (Å²) in [6, 6.07) is 16.7. The van der Waals surface area contributed by atoms with Gasteiger partial charge in [0.05, 0.1) is 0 Å². The summed E-state index contributed by atoms with van der Waals surface area (Å²) in [5.74, 6) is 0.595. The van der Waals surface area contributed by atoms with Gasteiger partial charge in [0.15, 0.2) is 0 Å². The number of rotatable bonds is 21. The number of anilines is 2. The van der Waals surface area contributed by atoms with Crippen molar-refractivity contribution in [3.8, 4) is 0 Å². The number of hydrogen-bond acceptors (Lipinski definition) is 4. The molecule has 14 nitrogen and oxygen atoms in total. The van der Waals surface area contributed by atoms with Gasteiger partial charge < -0.3 is 43.8 Å². The van der Waals surface area contributed by atoms with E-state index in [0.29, 0.717) is 13.1 Å². The number of carboxylic acids is 2. The lowest BCUT2D eigenvalue weighted by atomic mass is 9.92. The van der Waals surface area contributed by atoms with Crippen LogP contribution in [0.2, 0.25) is 0 Å².